The van der Waals surface area contributed by atoms with Crippen LogP contribution < -0.4 is 10.6 Å². The van der Waals surface area contributed by atoms with Gasteiger partial charge in [-0.05, 0) is 61.2 Å². The van der Waals surface area contributed by atoms with Crippen molar-refractivity contribution < 1.29 is 19.2 Å². The molecular formula is C24H22N4O4. The number of rotatable bonds is 3. The number of aromatic nitrogens is 1. The molecule has 3 heterocycles. The number of piperidine rings is 1. The van der Waals surface area contributed by atoms with E-state index < -0.39 is 11.9 Å². The first-order valence-corrected chi connectivity index (χ1v) is 10.5. The molecule has 2 aliphatic rings. The molecule has 162 valence electrons. The molecule has 0 spiro atoms. The van der Waals surface area contributed by atoms with Crippen molar-refractivity contribution >= 4 is 40.2 Å². The molecule has 3 aromatic rings. The highest BCUT2D eigenvalue weighted by Gasteiger charge is 2.39. The first-order valence-electron chi connectivity index (χ1n) is 10.5. The van der Waals surface area contributed by atoms with Crippen molar-refractivity contribution in [2.45, 2.75) is 39.3 Å². The van der Waals surface area contributed by atoms with Crippen LogP contribution in [0.1, 0.15) is 50.4 Å². The monoisotopic (exact) mass is 430 g/mol. The molecule has 5 rings (SSSR count). The maximum Gasteiger partial charge on any atom is 0.272 e. The Hall–Kier alpha value is -3.94. The van der Waals surface area contributed by atoms with E-state index >= 15 is 0 Å². The van der Waals surface area contributed by atoms with Gasteiger partial charge in [0.1, 0.15) is 11.7 Å². The molecule has 8 nitrogen and oxygen atoms in total. The fourth-order valence-electron chi connectivity index (χ4n) is 4.52. The van der Waals surface area contributed by atoms with Gasteiger partial charge in [0.05, 0.1) is 0 Å². The van der Waals surface area contributed by atoms with Gasteiger partial charge in [-0.1, -0.05) is 12.1 Å². The van der Waals surface area contributed by atoms with Crippen LogP contribution in [0.25, 0.3) is 10.9 Å². The zero-order chi connectivity index (χ0) is 22.6. The Morgan fingerprint density at radius 3 is 2.69 bits per heavy atom. The van der Waals surface area contributed by atoms with Gasteiger partial charge >= 0.3 is 0 Å². The topological polar surface area (TPSA) is 111 Å². The van der Waals surface area contributed by atoms with E-state index in [2.05, 4.69) is 15.6 Å². The van der Waals surface area contributed by atoms with Crippen molar-refractivity contribution in [2.24, 2.45) is 0 Å². The van der Waals surface area contributed by atoms with Crippen LogP contribution in [0.2, 0.25) is 0 Å². The van der Waals surface area contributed by atoms with Gasteiger partial charge in [0.25, 0.3) is 11.8 Å². The predicted molar refractivity (Wildman–Crippen MR) is 118 cm³/mol. The van der Waals surface area contributed by atoms with E-state index in [4.69, 9.17) is 0 Å². The molecule has 1 fully saturated rings. The summed E-state index contributed by atoms with van der Waals surface area (Å²) in [4.78, 5) is 54.1. The van der Waals surface area contributed by atoms with Gasteiger partial charge in [-0.2, -0.15) is 0 Å². The summed E-state index contributed by atoms with van der Waals surface area (Å²) in [6, 6.07) is 10.5. The third kappa shape index (κ3) is 3.24. The summed E-state index contributed by atoms with van der Waals surface area (Å²) in [7, 11) is 0. The van der Waals surface area contributed by atoms with E-state index in [9.17, 15) is 19.2 Å². The van der Waals surface area contributed by atoms with Crippen molar-refractivity contribution in [3.63, 3.8) is 0 Å². The third-order valence-corrected chi connectivity index (χ3v) is 6.22. The summed E-state index contributed by atoms with van der Waals surface area (Å²) in [6.45, 7) is 4.16. The van der Waals surface area contributed by atoms with E-state index in [-0.39, 0.29) is 30.7 Å². The largest absolute Gasteiger partial charge is 0.350 e. The van der Waals surface area contributed by atoms with Crippen molar-refractivity contribution in [2.75, 3.05) is 5.32 Å². The van der Waals surface area contributed by atoms with Crippen LogP contribution in [-0.4, -0.2) is 39.6 Å². The van der Waals surface area contributed by atoms with Crippen molar-refractivity contribution in [3.05, 3.63) is 64.3 Å². The van der Waals surface area contributed by atoms with Gasteiger partial charge in [-0.25, -0.2) is 0 Å². The third-order valence-electron chi connectivity index (χ3n) is 6.22. The molecule has 0 saturated carbocycles. The van der Waals surface area contributed by atoms with Crippen LogP contribution in [-0.2, 0) is 16.1 Å². The fraction of sp³-hybridized carbons (Fsp3) is 0.250. The second kappa shape index (κ2) is 7.33. The molecule has 1 saturated heterocycles. The lowest BCUT2D eigenvalue weighted by Crippen LogP contribution is -2.52. The number of anilines is 1. The Bertz CT molecular complexity index is 1320. The molecule has 2 aromatic carbocycles. The quantitative estimate of drug-likeness (QED) is 0.555. The number of nitrogens with zero attached hydrogens (tertiary/aromatic N) is 1. The standard InChI is InChI=1S/C24H22N4O4/c1-12-3-5-16-13(2)21(26-18(16)9-12)23(31)25-15-4-6-17-14(10-15)11-28(24(17)32)19-7-8-20(29)27-22(19)30/h3-6,9-10,19,26H,7-8,11H2,1-2H3,(H,25,31)(H,27,29,30). The zero-order valence-corrected chi connectivity index (χ0v) is 17.7. The first kappa shape index (κ1) is 20.0. The summed E-state index contributed by atoms with van der Waals surface area (Å²) >= 11 is 0. The van der Waals surface area contributed by atoms with Gasteiger partial charge in [-0.15, -0.1) is 0 Å². The number of benzene rings is 2. The Morgan fingerprint density at radius 1 is 1.09 bits per heavy atom. The number of H-pyrrole nitrogens is 1. The molecular weight excluding hydrogens is 408 g/mol. The first-order chi connectivity index (χ1) is 15.3. The molecule has 1 atom stereocenters. The fourth-order valence-corrected chi connectivity index (χ4v) is 4.52. The van der Waals surface area contributed by atoms with Gasteiger partial charge in [0.15, 0.2) is 0 Å². The predicted octanol–water partition coefficient (Wildman–Crippen LogP) is 2.80. The minimum atomic E-state index is -0.664. The number of nitrogens with one attached hydrogen (secondary N) is 3. The lowest BCUT2D eigenvalue weighted by Gasteiger charge is -2.29. The highest BCUT2D eigenvalue weighted by molar-refractivity contribution is 6.09. The number of fused-ring (bicyclic) bond motifs is 2. The molecule has 3 N–H and O–H groups in total. The molecule has 8 heteroatoms. The molecule has 1 unspecified atom stereocenters. The molecule has 2 aliphatic heterocycles. The molecule has 0 bridgehead atoms. The minimum absolute atomic E-state index is 0.210. The lowest BCUT2D eigenvalue weighted by atomic mass is 10.0. The number of imide groups is 1. The van der Waals surface area contributed by atoms with E-state index in [0.717, 1.165) is 27.6 Å². The maximum absolute atomic E-state index is 12.9. The van der Waals surface area contributed by atoms with Crippen LogP contribution in [0, 0.1) is 13.8 Å². The molecule has 0 radical (unpaired) electrons. The highest BCUT2D eigenvalue weighted by atomic mass is 16.2. The molecule has 4 amide bonds. The average molecular weight is 430 g/mol. The number of aryl methyl sites for hydroxylation is 2. The van der Waals surface area contributed by atoms with Gasteiger partial charge < -0.3 is 15.2 Å². The van der Waals surface area contributed by atoms with Crippen LogP contribution in [0.15, 0.2) is 36.4 Å². The van der Waals surface area contributed by atoms with Crippen molar-refractivity contribution in [1.82, 2.24) is 15.2 Å². The second-order valence-corrected chi connectivity index (χ2v) is 8.40. The Labute approximate surface area is 184 Å². The maximum atomic E-state index is 12.9. The Kier molecular flexibility index (Phi) is 4.58. The molecule has 0 aliphatic carbocycles. The van der Waals surface area contributed by atoms with Crippen molar-refractivity contribution in [1.29, 1.82) is 0 Å². The van der Waals surface area contributed by atoms with Gasteiger partial charge in [0, 0.05) is 35.1 Å². The van der Waals surface area contributed by atoms with Gasteiger partial charge in [-0.3, -0.25) is 24.5 Å². The Balaban J connectivity index is 1.36. The summed E-state index contributed by atoms with van der Waals surface area (Å²) < 4.78 is 0. The SMILES string of the molecule is Cc1ccc2c(C)c(C(=O)Nc3ccc4c(c3)CN(C3CCC(=O)NC3=O)C4=O)[nH]c2c1. The smallest absolute Gasteiger partial charge is 0.272 e. The van der Waals surface area contributed by atoms with Crippen molar-refractivity contribution in [3.8, 4) is 0 Å². The second-order valence-electron chi connectivity index (χ2n) is 8.40. The summed E-state index contributed by atoms with van der Waals surface area (Å²) in [6.07, 6.45) is 0.522. The van der Waals surface area contributed by atoms with E-state index in [1.807, 2.05) is 32.0 Å². The normalized spacial score (nSPS) is 18.1. The number of carbonyl (C=O) groups excluding carboxylic acids is 4. The van der Waals surface area contributed by atoms with E-state index in [1.54, 1.807) is 18.2 Å². The van der Waals surface area contributed by atoms with Crippen LogP contribution in [0.4, 0.5) is 5.69 Å². The van der Waals surface area contributed by atoms with E-state index in [0.29, 0.717) is 23.4 Å². The number of carbonyl (C=O) groups is 4. The number of amides is 4. The number of hydrogen-bond acceptors (Lipinski definition) is 4. The van der Waals surface area contributed by atoms with Crippen LogP contribution in [0.3, 0.4) is 0 Å². The summed E-state index contributed by atoms with van der Waals surface area (Å²) in [5, 5.41) is 6.20. The Morgan fingerprint density at radius 2 is 1.91 bits per heavy atom. The molecule has 1 aromatic heterocycles. The number of hydrogen-bond donors (Lipinski definition) is 3. The molecule has 32 heavy (non-hydrogen) atoms. The lowest BCUT2D eigenvalue weighted by molar-refractivity contribution is -0.136. The van der Waals surface area contributed by atoms with Crippen LogP contribution in [0.5, 0.6) is 0 Å². The summed E-state index contributed by atoms with van der Waals surface area (Å²) in [5.41, 5.74) is 5.19. The average Bonchev–Trinajstić information content (AvgIpc) is 3.24. The van der Waals surface area contributed by atoms with Crippen LogP contribution >= 0.6 is 0 Å². The highest BCUT2D eigenvalue weighted by Crippen LogP contribution is 2.30. The number of aromatic amines is 1. The zero-order valence-electron chi connectivity index (χ0n) is 17.7. The summed E-state index contributed by atoms with van der Waals surface area (Å²) in [5.74, 6) is -1.26. The minimum Gasteiger partial charge on any atom is -0.350 e. The van der Waals surface area contributed by atoms with E-state index in [1.165, 1.54) is 4.90 Å². The van der Waals surface area contributed by atoms with Gasteiger partial charge in [0.2, 0.25) is 11.8 Å².